The summed E-state index contributed by atoms with van der Waals surface area (Å²) in [6.45, 7) is 7.22. The van der Waals surface area contributed by atoms with E-state index in [0.717, 1.165) is 56.7 Å². The lowest BCUT2D eigenvalue weighted by molar-refractivity contribution is 0.00386. The Balaban J connectivity index is 1.23. The predicted molar refractivity (Wildman–Crippen MR) is 146 cm³/mol. The van der Waals surface area contributed by atoms with Crippen LogP contribution in [0.1, 0.15) is 118 Å². The minimum absolute atomic E-state index is 0.0614. The maximum atomic E-state index is 12.6. The molecule has 0 radical (unpaired) electrons. The molecule has 0 bridgehead atoms. The number of carbonyl (C=O) groups excluding carboxylic acids is 1. The van der Waals surface area contributed by atoms with Crippen molar-refractivity contribution in [2.75, 3.05) is 19.7 Å². The lowest BCUT2D eigenvalue weighted by Crippen LogP contribution is -2.59. The number of ether oxygens (including phenoxy) is 2. The molecule has 0 aromatic carbocycles. The van der Waals surface area contributed by atoms with Crippen LogP contribution in [0.3, 0.4) is 0 Å². The van der Waals surface area contributed by atoms with Gasteiger partial charge >= 0.3 is 5.97 Å². The average molecular weight is 507 g/mol. The Hall–Kier alpha value is -0.950. The van der Waals surface area contributed by atoms with E-state index in [9.17, 15) is 4.79 Å². The van der Waals surface area contributed by atoms with Crippen molar-refractivity contribution in [3.05, 3.63) is 21.9 Å². The zero-order valence-electron chi connectivity index (χ0n) is 22.3. The first kappa shape index (κ1) is 28.6. The van der Waals surface area contributed by atoms with Crippen molar-refractivity contribution in [1.29, 1.82) is 0 Å². The highest BCUT2D eigenvalue weighted by molar-refractivity contribution is 7.13. The van der Waals surface area contributed by atoms with Crippen LogP contribution in [-0.2, 0) is 15.9 Å². The van der Waals surface area contributed by atoms with Gasteiger partial charge in [-0.25, -0.2) is 4.79 Å². The van der Waals surface area contributed by atoms with Crippen LogP contribution < -0.4 is 10.6 Å². The number of rotatable bonds is 16. The van der Waals surface area contributed by atoms with E-state index < -0.39 is 0 Å². The Morgan fingerprint density at radius 2 is 1.51 bits per heavy atom. The van der Waals surface area contributed by atoms with Crippen LogP contribution in [0.15, 0.2) is 12.1 Å². The van der Waals surface area contributed by atoms with Gasteiger partial charge in [0.15, 0.2) is 0 Å². The van der Waals surface area contributed by atoms with Crippen LogP contribution in [0.4, 0.5) is 0 Å². The van der Waals surface area contributed by atoms with Crippen LogP contribution >= 0.6 is 11.3 Å². The van der Waals surface area contributed by atoms with Crippen LogP contribution in [0.5, 0.6) is 0 Å². The largest absolute Gasteiger partial charge is 0.458 e. The molecule has 1 aromatic rings. The molecular formula is C29H50N2O3S. The van der Waals surface area contributed by atoms with Crippen molar-refractivity contribution in [3.63, 3.8) is 0 Å². The number of aryl methyl sites for hydroxylation is 1. The number of esters is 1. The van der Waals surface area contributed by atoms with Gasteiger partial charge in [0.1, 0.15) is 11.0 Å². The Labute approximate surface area is 218 Å². The third kappa shape index (κ3) is 10.5. The Morgan fingerprint density at radius 3 is 2.20 bits per heavy atom. The van der Waals surface area contributed by atoms with Crippen LogP contribution in [-0.4, -0.2) is 44.0 Å². The summed E-state index contributed by atoms with van der Waals surface area (Å²) in [7, 11) is 0. The molecule has 2 N–H and O–H groups in total. The van der Waals surface area contributed by atoms with Crippen molar-refractivity contribution >= 4 is 17.3 Å². The molecule has 200 valence electrons. The molecule has 3 rings (SSSR count). The Morgan fingerprint density at radius 1 is 0.857 bits per heavy atom. The molecule has 1 aromatic heterocycles. The van der Waals surface area contributed by atoms with E-state index in [4.69, 9.17) is 9.47 Å². The van der Waals surface area contributed by atoms with Gasteiger partial charge in [0.25, 0.3) is 0 Å². The summed E-state index contributed by atoms with van der Waals surface area (Å²) in [5.74, 6) is 0.465. The molecule has 6 heteroatoms. The zero-order chi connectivity index (χ0) is 24.7. The molecule has 0 atom stereocenters. The molecule has 1 aliphatic heterocycles. The van der Waals surface area contributed by atoms with Gasteiger partial charge in [-0.3, -0.25) is 10.6 Å². The Bertz CT molecular complexity index is 694. The highest BCUT2D eigenvalue weighted by Crippen LogP contribution is 2.30. The first-order chi connectivity index (χ1) is 17.2. The SMILES string of the molecule is CCCCCCCCCCOC1CNC(C2CCC(OC(=O)c3ccc(CCCC)s3)CC2)NC1. The maximum Gasteiger partial charge on any atom is 0.348 e. The zero-order valence-corrected chi connectivity index (χ0v) is 23.1. The number of carbonyl (C=O) groups is 1. The summed E-state index contributed by atoms with van der Waals surface area (Å²) in [6.07, 6.45) is 18.9. The summed E-state index contributed by atoms with van der Waals surface area (Å²) in [5, 5.41) is 7.36. The normalized spacial score (nSPS) is 25.0. The van der Waals surface area contributed by atoms with Gasteiger partial charge in [-0.05, 0) is 63.0 Å². The first-order valence-corrected chi connectivity index (χ1v) is 15.4. The van der Waals surface area contributed by atoms with Crippen molar-refractivity contribution in [2.45, 2.75) is 129 Å². The van der Waals surface area contributed by atoms with Crippen molar-refractivity contribution in [1.82, 2.24) is 10.6 Å². The number of nitrogens with one attached hydrogen (secondary N) is 2. The second-order valence-electron chi connectivity index (χ2n) is 10.6. The standard InChI is InChI=1S/C29H50N2O3S/c1-3-5-7-8-9-10-11-12-20-33-25-21-30-28(31-22-25)23-14-16-24(17-15-23)34-29(32)27-19-18-26(35-27)13-6-4-2/h18-19,23-25,28,30-31H,3-17,20-22H2,1-2H3. The van der Waals surface area contributed by atoms with Gasteiger partial charge in [-0.15, -0.1) is 11.3 Å². The monoisotopic (exact) mass is 506 g/mol. The second kappa shape index (κ2) is 16.7. The highest BCUT2D eigenvalue weighted by atomic mass is 32.1. The molecule has 2 heterocycles. The molecule has 1 aliphatic carbocycles. The Kier molecular flexibility index (Phi) is 13.7. The number of hydrogen-bond donors (Lipinski definition) is 2. The van der Waals surface area contributed by atoms with Crippen LogP contribution in [0.2, 0.25) is 0 Å². The summed E-state index contributed by atoms with van der Waals surface area (Å²) in [4.78, 5) is 14.6. The third-order valence-electron chi connectivity index (χ3n) is 7.59. The first-order valence-electron chi connectivity index (χ1n) is 14.6. The van der Waals surface area contributed by atoms with Gasteiger partial charge in [-0.2, -0.15) is 0 Å². The quantitative estimate of drug-likeness (QED) is 0.190. The van der Waals surface area contributed by atoms with Crippen LogP contribution in [0, 0.1) is 5.92 Å². The smallest absolute Gasteiger partial charge is 0.348 e. The molecular weight excluding hydrogens is 456 g/mol. The summed E-state index contributed by atoms with van der Waals surface area (Å²) in [5.41, 5.74) is 0. The summed E-state index contributed by atoms with van der Waals surface area (Å²) < 4.78 is 12.0. The highest BCUT2D eigenvalue weighted by Gasteiger charge is 2.32. The number of hydrogen-bond acceptors (Lipinski definition) is 6. The molecule has 1 saturated heterocycles. The van der Waals surface area contributed by atoms with E-state index >= 15 is 0 Å². The average Bonchev–Trinajstić information content (AvgIpc) is 3.37. The second-order valence-corrected chi connectivity index (χ2v) is 11.7. The summed E-state index contributed by atoms with van der Waals surface area (Å²) >= 11 is 1.60. The lowest BCUT2D eigenvalue weighted by atomic mass is 9.84. The van der Waals surface area contributed by atoms with E-state index in [1.54, 1.807) is 11.3 Å². The van der Waals surface area contributed by atoms with Crippen molar-refractivity contribution in [3.8, 4) is 0 Å². The van der Waals surface area contributed by atoms with E-state index in [-0.39, 0.29) is 18.2 Å². The van der Waals surface area contributed by atoms with E-state index in [1.165, 1.54) is 69.1 Å². The molecule has 35 heavy (non-hydrogen) atoms. The maximum absolute atomic E-state index is 12.6. The number of thiophene rings is 1. The van der Waals surface area contributed by atoms with Gasteiger partial charge in [0.05, 0.1) is 12.3 Å². The topological polar surface area (TPSA) is 59.6 Å². The lowest BCUT2D eigenvalue weighted by Gasteiger charge is -2.39. The van der Waals surface area contributed by atoms with E-state index in [1.807, 2.05) is 6.07 Å². The fourth-order valence-corrected chi connectivity index (χ4v) is 6.25. The minimum Gasteiger partial charge on any atom is -0.458 e. The molecule has 1 saturated carbocycles. The number of unbranched alkanes of at least 4 members (excludes halogenated alkanes) is 8. The van der Waals surface area contributed by atoms with Crippen LogP contribution in [0.25, 0.3) is 0 Å². The van der Waals surface area contributed by atoms with Gasteiger partial charge in [-0.1, -0.05) is 65.2 Å². The summed E-state index contributed by atoms with van der Waals surface area (Å²) in [6, 6.07) is 4.02. The molecule has 2 fully saturated rings. The van der Waals surface area contributed by atoms with Crippen molar-refractivity contribution < 1.29 is 14.3 Å². The predicted octanol–water partition coefficient (Wildman–Crippen LogP) is 6.85. The fraction of sp³-hybridized carbons (Fsp3) is 0.828. The van der Waals surface area contributed by atoms with Gasteiger partial charge < -0.3 is 9.47 Å². The van der Waals surface area contributed by atoms with E-state index in [2.05, 4.69) is 30.5 Å². The van der Waals surface area contributed by atoms with Crippen molar-refractivity contribution in [2.24, 2.45) is 5.92 Å². The molecule has 0 amide bonds. The molecule has 0 spiro atoms. The van der Waals surface area contributed by atoms with Gasteiger partial charge in [0.2, 0.25) is 0 Å². The molecule has 0 unspecified atom stereocenters. The van der Waals surface area contributed by atoms with E-state index in [0.29, 0.717) is 12.1 Å². The third-order valence-corrected chi connectivity index (χ3v) is 8.71. The fourth-order valence-electron chi connectivity index (χ4n) is 5.32. The molecule has 5 nitrogen and oxygen atoms in total. The molecule has 2 aliphatic rings. The minimum atomic E-state index is -0.133. The van der Waals surface area contributed by atoms with Gasteiger partial charge in [0, 0.05) is 24.6 Å².